The zero-order chi connectivity index (χ0) is 18.6. The van der Waals surface area contributed by atoms with Gasteiger partial charge in [0.25, 0.3) is 0 Å². The molecule has 0 bridgehead atoms. The fraction of sp³-hybridized carbons (Fsp3) is 0.812. The summed E-state index contributed by atoms with van der Waals surface area (Å²) in [7, 11) is 0. The van der Waals surface area contributed by atoms with Crippen molar-refractivity contribution in [1.82, 2.24) is 0 Å². The van der Waals surface area contributed by atoms with Crippen molar-refractivity contribution >= 4 is 6.29 Å². The fourth-order valence-electron chi connectivity index (χ4n) is 3.23. The van der Waals surface area contributed by atoms with E-state index in [1.165, 1.54) is 6.08 Å². The highest BCUT2D eigenvalue weighted by Crippen LogP contribution is 2.39. The summed E-state index contributed by atoms with van der Waals surface area (Å²) < 4.78 is 10.4. The van der Waals surface area contributed by atoms with Gasteiger partial charge >= 0.3 is 0 Å². The van der Waals surface area contributed by atoms with Crippen molar-refractivity contribution in [3.63, 3.8) is 0 Å². The van der Waals surface area contributed by atoms with Gasteiger partial charge in [-0.05, 0) is 31.3 Å². The van der Waals surface area contributed by atoms with Crippen LogP contribution in [0.3, 0.4) is 0 Å². The average molecular weight is 362 g/mol. The lowest BCUT2D eigenvalue weighted by atomic mass is 9.69. The maximum Gasteiger partial charge on any atom is 0.228 e. The summed E-state index contributed by atoms with van der Waals surface area (Å²) in [5.41, 5.74) is -1.17. The van der Waals surface area contributed by atoms with Crippen LogP contribution in [0.1, 0.15) is 19.3 Å². The lowest BCUT2D eigenvalue weighted by Gasteiger charge is -2.40. The minimum absolute atomic E-state index is 0.0585. The largest absolute Gasteiger partial charge is 0.470 e. The van der Waals surface area contributed by atoms with Crippen LogP contribution in [0.25, 0.3) is 0 Å². The van der Waals surface area contributed by atoms with E-state index in [1.807, 2.05) is 0 Å². The first-order valence-electron chi connectivity index (χ1n) is 8.27. The van der Waals surface area contributed by atoms with Gasteiger partial charge < -0.3 is 44.9 Å². The fourth-order valence-corrected chi connectivity index (χ4v) is 3.23. The lowest BCUT2D eigenvalue weighted by Crippen LogP contribution is -2.58. The number of hydrogen-bond donors (Lipinski definition) is 6. The van der Waals surface area contributed by atoms with Crippen LogP contribution in [0.2, 0.25) is 0 Å². The Kier molecular flexibility index (Phi) is 6.92. The summed E-state index contributed by atoms with van der Waals surface area (Å²) >= 11 is 0. The molecule has 0 aromatic carbocycles. The van der Waals surface area contributed by atoms with Crippen LogP contribution < -0.4 is 0 Å². The predicted octanol–water partition coefficient (Wildman–Crippen LogP) is -2.34. The summed E-state index contributed by atoms with van der Waals surface area (Å²) in [4.78, 5) is 11.5. The van der Waals surface area contributed by atoms with Gasteiger partial charge in [-0.15, -0.1) is 0 Å². The molecule has 9 heteroatoms. The van der Waals surface area contributed by atoms with Crippen molar-refractivity contribution in [2.75, 3.05) is 13.2 Å². The van der Waals surface area contributed by atoms with Gasteiger partial charge in [0.1, 0.15) is 30.7 Å². The summed E-state index contributed by atoms with van der Waals surface area (Å²) in [6.07, 6.45) is -3.76. The van der Waals surface area contributed by atoms with E-state index >= 15 is 0 Å². The Bertz CT molecular complexity index is 469. The molecule has 2 aliphatic rings. The Labute approximate surface area is 145 Å². The first-order valence-corrected chi connectivity index (χ1v) is 8.27. The molecule has 0 aromatic rings. The molecule has 0 radical (unpaired) electrons. The van der Waals surface area contributed by atoms with Crippen molar-refractivity contribution in [2.24, 2.45) is 11.3 Å². The molecule has 25 heavy (non-hydrogen) atoms. The third-order valence-corrected chi connectivity index (χ3v) is 5.08. The molecule has 8 unspecified atom stereocenters. The SMILES string of the molecule is O=CC1(C=COC2OC(CO)C(O)C(O)C2O)CCC(CO)CC1O. The number of aliphatic hydroxyl groups is 6. The van der Waals surface area contributed by atoms with Gasteiger partial charge in [-0.3, -0.25) is 0 Å². The Morgan fingerprint density at radius 2 is 1.80 bits per heavy atom. The second kappa shape index (κ2) is 8.54. The molecule has 1 saturated heterocycles. The second-order valence-corrected chi connectivity index (χ2v) is 6.71. The average Bonchev–Trinajstić information content (AvgIpc) is 2.63. The Balaban J connectivity index is 2.02. The van der Waals surface area contributed by atoms with Crippen molar-refractivity contribution in [2.45, 2.75) is 56.1 Å². The quantitative estimate of drug-likeness (QED) is 0.225. The molecule has 144 valence electrons. The molecule has 1 aliphatic carbocycles. The summed E-state index contributed by atoms with van der Waals surface area (Å²) in [5, 5.41) is 57.8. The number of carbonyl (C=O) groups excluding carboxylic acids is 1. The Hall–Kier alpha value is -1.07. The number of rotatable bonds is 6. The van der Waals surface area contributed by atoms with Gasteiger partial charge in [-0.1, -0.05) is 0 Å². The van der Waals surface area contributed by atoms with E-state index in [0.717, 1.165) is 6.26 Å². The molecule has 8 atom stereocenters. The zero-order valence-corrected chi connectivity index (χ0v) is 13.7. The topological polar surface area (TPSA) is 157 Å². The normalized spacial score (nSPS) is 45.4. The van der Waals surface area contributed by atoms with Crippen molar-refractivity contribution < 1.29 is 44.9 Å². The van der Waals surface area contributed by atoms with Crippen LogP contribution in [0, 0.1) is 11.3 Å². The highest BCUT2D eigenvalue weighted by molar-refractivity contribution is 5.64. The molecule has 1 aliphatic heterocycles. The minimum Gasteiger partial charge on any atom is -0.470 e. The Morgan fingerprint density at radius 1 is 1.08 bits per heavy atom. The van der Waals surface area contributed by atoms with Gasteiger partial charge in [0.05, 0.1) is 24.4 Å². The molecule has 2 fully saturated rings. The molecule has 9 nitrogen and oxygen atoms in total. The van der Waals surface area contributed by atoms with Gasteiger partial charge in [-0.2, -0.15) is 0 Å². The van der Waals surface area contributed by atoms with Crippen LogP contribution in [0.5, 0.6) is 0 Å². The van der Waals surface area contributed by atoms with E-state index in [0.29, 0.717) is 19.1 Å². The maximum atomic E-state index is 11.5. The van der Waals surface area contributed by atoms with Crippen molar-refractivity contribution in [3.8, 4) is 0 Å². The standard InChI is InChI=1S/C16H26O9/c17-6-9-1-2-16(8-19,11(20)5-9)3-4-24-15-14(23)13(22)12(21)10(7-18)25-15/h3-4,8-15,17-18,20-23H,1-2,5-7H2. The first-order chi connectivity index (χ1) is 11.9. The summed E-state index contributed by atoms with van der Waals surface area (Å²) in [6.45, 7) is -0.634. The third-order valence-electron chi connectivity index (χ3n) is 5.08. The van der Waals surface area contributed by atoms with E-state index in [9.17, 15) is 30.3 Å². The number of ether oxygens (including phenoxy) is 2. The highest BCUT2D eigenvalue weighted by atomic mass is 16.7. The van der Waals surface area contributed by atoms with Crippen LogP contribution in [-0.2, 0) is 14.3 Å². The van der Waals surface area contributed by atoms with E-state index in [1.54, 1.807) is 0 Å². The zero-order valence-electron chi connectivity index (χ0n) is 13.7. The molecule has 2 rings (SSSR count). The van der Waals surface area contributed by atoms with Crippen LogP contribution in [-0.4, -0.2) is 86.9 Å². The predicted molar refractivity (Wildman–Crippen MR) is 82.9 cm³/mol. The monoisotopic (exact) mass is 362 g/mol. The smallest absolute Gasteiger partial charge is 0.228 e. The molecular formula is C16H26O9. The van der Waals surface area contributed by atoms with E-state index in [-0.39, 0.29) is 18.9 Å². The number of hydrogen-bond acceptors (Lipinski definition) is 9. The maximum absolute atomic E-state index is 11.5. The highest BCUT2D eigenvalue weighted by Gasteiger charge is 2.45. The summed E-state index contributed by atoms with van der Waals surface area (Å²) in [5.74, 6) is -0.0668. The first kappa shape index (κ1) is 20.2. The third kappa shape index (κ3) is 4.20. The van der Waals surface area contributed by atoms with Crippen LogP contribution in [0.4, 0.5) is 0 Å². The minimum atomic E-state index is -1.56. The van der Waals surface area contributed by atoms with Crippen LogP contribution in [0.15, 0.2) is 12.3 Å². The van der Waals surface area contributed by atoms with Crippen molar-refractivity contribution in [1.29, 1.82) is 0 Å². The molecule has 1 saturated carbocycles. The lowest BCUT2D eigenvalue weighted by molar-refractivity contribution is -0.288. The van der Waals surface area contributed by atoms with Gasteiger partial charge in [0, 0.05) is 6.61 Å². The molecule has 1 heterocycles. The molecule has 0 spiro atoms. The molecule has 0 amide bonds. The second-order valence-electron chi connectivity index (χ2n) is 6.71. The van der Waals surface area contributed by atoms with E-state index in [2.05, 4.69) is 0 Å². The summed E-state index contributed by atoms with van der Waals surface area (Å²) in [6, 6.07) is 0. The molecule has 0 aromatic heterocycles. The molecular weight excluding hydrogens is 336 g/mol. The van der Waals surface area contributed by atoms with Gasteiger partial charge in [0.15, 0.2) is 0 Å². The van der Waals surface area contributed by atoms with Gasteiger partial charge in [0.2, 0.25) is 6.29 Å². The number of aldehydes is 1. The van der Waals surface area contributed by atoms with E-state index < -0.39 is 48.8 Å². The van der Waals surface area contributed by atoms with Crippen LogP contribution >= 0.6 is 0 Å². The molecule has 6 N–H and O–H groups in total. The van der Waals surface area contributed by atoms with E-state index in [4.69, 9.17) is 14.6 Å². The Morgan fingerprint density at radius 3 is 2.36 bits per heavy atom. The number of aliphatic hydroxyl groups excluding tert-OH is 6. The van der Waals surface area contributed by atoms with Gasteiger partial charge in [-0.25, -0.2) is 0 Å². The van der Waals surface area contributed by atoms with Crippen molar-refractivity contribution in [3.05, 3.63) is 12.3 Å². The number of carbonyl (C=O) groups is 1.